The average Bonchev–Trinajstić information content (AvgIpc) is 3.00. The van der Waals surface area contributed by atoms with Crippen molar-refractivity contribution in [1.29, 1.82) is 0 Å². The fourth-order valence-electron chi connectivity index (χ4n) is 2.77. The molecule has 25 heavy (non-hydrogen) atoms. The van der Waals surface area contributed by atoms with E-state index in [4.69, 9.17) is 23.2 Å². The van der Waals surface area contributed by atoms with E-state index in [1.807, 2.05) is 0 Å². The predicted octanol–water partition coefficient (Wildman–Crippen LogP) is 4.09. The number of fused-ring (bicyclic) bond motifs is 1. The molecule has 0 bridgehead atoms. The zero-order valence-corrected chi connectivity index (χ0v) is 15.7. The van der Waals surface area contributed by atoms with E-state index in [-0.39, 0.29) is 21.5 Å². The molecule has 1 heterocycles. The molecule has 1 aliphatic heterocycles. The van der Waals surface area contributed by atoms with Gasteiger partial charge in [-0.05, 0) is 48.4 Å². The Labute approximate surface area is 156 Å². The number of nitrogens with zero attached hydrogens (tertiary/aromatic N) is 1. The molecule has 0 spiro atoms. The van der Waals surface area contributed by atoms with Crippen molar-refractivity contribution in [3.05, 3.63) is 52.0 Å². The summed E-state index contributed by atoms with van der Waals surface area (Å²) in [5.74, 6) is 0.0261. The number of anilines is 2. The molecular formula is C17H16Cl2N2O3S. The molecule has 0 aliphatic carbocycles. The normalized spacial score (nSPS) is 13.6. The summed E-state index contributed by atoms with van der Waals surface area (Å²) in [6, 6.07) is 9.31. The van der Waals surface area contributed by atoms with Gasteiger partial charge < -0.3 is 4.90 Å². The van der Waals surface area contributed by atoms with Gasteiger partial charge in [-0.1, -0.05) is 30.1 Å². The molecule has 2 aromatic carbocycles. The first-order chi connectivity index (χ1) is 11.8. The lowest BCUT2D eigenvalue weighted by atomic mass is 10.2. The Kier molecular flexibility index (Phi) is 4.95. The summed E-state index contributed by atoms with van der Waals surface area (Å²) in [4.78, 5) is 13.7. The number of sulfonamides is 1. The van der Waals surface area contributed by atoms with Gasteiger partial charge in [0.15, 0.2) is 0 Å². The number of hydrogen-bond donors (Lipinski definition) is 1. The smallest absolute Gasteiger partial charge is 0.261 e. The van der Waals surface area contributed by atoms with Crippen LogP contribution in [-0.4, -0.2) is 20.9 Å². The Morgan fingerprint density at radius 1 is 1.20 bits per heavy atom. The fourth-order valence-corrected chi connectivity index (χ4v) is 4.29. The van der Waals surface area contributed by atoms with Crippen LogP contribution < -0.4 is 9.62 Å². The van der Waals surface area contributed by atoms with Crippen LogP contribution in [0.2, 0.25) is 10.0 Å². The van der Waals surface area contributed by atoms with Crippen molar-refractivity contribution in [2.24, 2.45) is 0 Å². The molecule has 3 rings (SSSR count). The van der Waals surface area contributed by atoms with Gasteiger partial charge in [0.05, 0.1) is 15.6 Å². The van der Waals surface area contributed by atoms with Gasteiger partial charge >= 0.3 is 0 Å². The minimum atomic E-state index is -3.81. The van der Waals surface area contributed by atoms with Crippen LogP contribution in [0.15, 0.2) is 41.3 Å². The van der Waals surface area contributed by atoms with Crippen molar-refractivity contribution in [2.45, 2.75) is 24.7 Å². The largest absolute Gasteiger partial charge is 0.312 e. The van der Waals surface area contributed by atoms with Crippen molar-refractivity contribution < 1.29 is 13.2 Å². The summed E-state index contributed by atoms with van der Waals surface area (Å²) in [5, 5.41) is 0.638. The molecule has 0 aromatic heterocycles. The first-order valence-corrected chi connectivity index (χ1v) is 9.97. The van der Waals surface area contributed by atoms with Crippen molar-refractivity contribution in [1.82, 2.24) is 0 Å². The van der Waals surface area contributed by atoms with E-state index in [9.17, 15) is 13.2 Å². The molecule has 2 aromatic rings. The summed E-state index contributed by atoms with van der Waals surface area (Å²) in [6.07, 6.45) is 1.04. The molecule has 8 heteroatoms. The highest BCUT2D eigenvalue weighted by Crippen LogP contribution is 2.32. The maximum atomic E-state index is 12.6. The third-order valence-electron chi connectivity index (χ3n) is 4.03. The first kappa shape index (κ1) is 18.0. The number of carbonyl (C=O) groups excluding carboxylic acids is 1. The van der Waals surface area contributed by atoms with Crippen LogP contribution in [0.3, 0.4) is 0 Å². The van der Waals surface area contributed by atoms with Gasteiger partial charge in [0, 0.05) is 23.7 Å². The standard InChI is InChI=1S/C17H16Cl2N2O3S/c1-2-17(22)21-8-7-11-9-13(4-6-16(11)21)25(23,24)20-15-10-12(18)3-5-14(15)19/h3-6,9-10,20H,2,7-8H2,1H3. The molecule has 0 unspecified atom stereocenters. The minimum Gasteiger partial charge on any atom is -0.312 e. The molecular weight excluding hydrogens is 383 g/mol. The van der Waals surface area contributed by atoms with Gasteiger partial charge in [0.1, 0.15) is 0 Å². The quantitative estimate of drug-likeness (QED) is 0.842. The van der Waals surface area contributed by atoms with Gasteiger partial charge in [0.25, 0.3) is 10.0 Å². The lowest BCUT2D eigenvalue weighted by Crippen LogP contribution is -2.27. The minimum absolute atomic E-state index is 0.0261. The topological polar surface area (TPSA) is 66.5 Å². The van der Waals surface area contributed by atoms with E-state index in [0.29, 0.717) is 24.4 Å². The van der Waals surface area contributed by atoms with Gasteiger partial charge in [-0.15, -0.1) is 0 Å². The van der Waals surface area contributed by atoms with E-state index in [1.165, 1.54) is 18.2 Å². The maximum absolute atomic E-state index is 12.6. The highest BCUT2D eigenvalue weighted by atomic mass is 35.5. The Morgan fingerprint density at radius 2 is 1.96 bits per heavy atom. The van der Waals surface area contributed by atoms with Crippen molar-refractivity contribution in [2.75, 3.05) is 16.2 Å². The number of carbonyl (C=O) groups is 1. The third kappa shape index (κ3) is 3.61. The van der Waals surface area contributed by atoms with Gasteiger partial charge in [-0.25, -0.2) is 8.42 Å². The van der Waals surface area contributed by atoms with Crippen LogP contribution >= 0.6 is 23.2 Å². The average molecular weight is 399 g/mol. The highest BCUT2D eigenvalue weighted by molar-refractivity contribution is 7.92. The summed E-state index contributed by atoms with van der Waals surface area (Å²) in [7, 11) is -3.81. The second-order valence-corrected chi connectivity index (χ2v) is 8.20. The Balaban J connectivity index is 1.92. The summed E-state index contributed by atoms with van der Waals surface area (Å²) >= 11 is 11.9. The number of amides is 1. The van der Waals surface area contributed by atoms with Crippen molar-refractivity contribution in [3.8, 4) is 0 Å². The molecule has 0 fully saturated rings. The lowest BCUT2D eigenvalue weighted by molar-refractivity contribution is -0.118. The Bertz CT molecular complexity index is 945. The predicted molar refractivity (Wildman–Crippen MR) is 100 cm³/mol. The van der Waals surface area contributed by atoms with Crippen LogP contribution in [0.5, 0.6) is 0 Å². The molecule has 1 aliphatic rings. The van der Waals surface area contributed by atoms with Gasteiger partial charge in [-0.3, -0.25) is 9.52 Å². The number of hydrogen-bond acceptors (Lipinski definition) is 3. The molecule has 1 N–H and O–H groups in total. The van der Waals surface area contributed by atoms with Crippen LogP contribution in [0.25, 0.3) is 0 Å². The fraction of sp³-hybridized carbons (Fsp3) is 0.235. The number of rotatable bonds is 4. The summed E-state index contributed by atoms with van der Waals surface area (Å²) < 4.78 is 27.7. The third-order valence-corrected chi connectivity index (χ3v) is 5.96. The zero-order chi connectivity index (χ0) is 18.2. The molecule has 5 nitrogen and oxygen atoms in total. The van der Waals surface area contributed by atoms with E-state index < -0.39 is 10.0 Å². The summed E-state index contributed by atoms with van der Waals surface area (Å²) in [6.45, 7) is 2.37. The second kappa shape index (κ2) is 6.86. The van der Waals surface area contributed by atoms with E-state index in [1.54, 1.807) is 30.0 Å². The molecule has 0 saturated heterocycles. The molecule has 0 saturated carbocycles. The van der Waals surface area contributed by atoms with Gasteiger partial charge in [0.2, 0.25) is 5.91 Å². The van der Waals surface area contributed by atoms with E-state index in [0.717, 1.165) is 11.3 Å². The monoisotopic (exact) mass is 398 g/mol. The number of nitrogens with one attached hydrogen (secondary N) is 1. The van der Waals surface area contributed by atoms with Crippen molar-refractivity contribution in [3.63, 3.8) is 0 Å². The maximum Gasteiger partial charge on any atom is 0.261 e. The summed E-state index contributed by atoms with van der Waals surface area (Å²) in [5.41, 5.74) is 1.82. The van der Waals surface area contributed by atoms with Crippen LogP contribution in [-0.2, 0) is 21.2 Å². The van der Waals surface area contributed by atoms with Crippen LogP contribution in [0.1, 0.15) is 18.9 Å². The molecule has 0 atom stereocenters. The van der Waals surface area contributed by atoms with Gasteiger partial charge in [-0.2, -0.15) is 0 Å². The molecule has 132 valence electrons. The Morgan fingerprint density at radius 3 is 2.68 bits per heavy atom. The molecule has 1 amide bonds. The van der Waals surface area contributed by atoms with Crippen molar-refractivity contribution >= 4 is 50.5 Å². The highest BCUT2D eigenvalue weighted by Gasteiger charge is 2.26. The number of benzene rings is 2. The van der Waals surface area contributed by atoms with Crippen LogP contribution in [0.4, 0.5) is 11.4 Å². The second-order valence-electron chi connectivity index (χ2n) is 5.67. The first-order valence-electron chi connectivity index (χ1n) is 7.73. The van der Waals surface area contributed by atoms with E-state index >= 15 is 0 Å². The SMILES string of the molecule is CCC(=O)N1CCc2cc(S(=O)(=O)Nc3cc(Cl)ccc3Cl)ccc21. The van der Waals surface area contributed by atoms with E-state index in [2.05, 4.69) is 4.72 Å². The zero-order valence-electron chi connectivity index (χ0n) is 13.4. The molecule has 0 radical (unpaired) electrons. The Hall–Kier alpha value is -1.76. The van der Waals surface area contributed by atoms with Crippen LogP contribution in [0, 0.1) is 0 Å². The number of halogens is 2. The lowest BCUT2D eigenvalue weighted by Gasteiger charge is -2.16.